The van der Waals surface area contributed by atoms with Crippen LogP contribution in [0.4, 0.5) is 4.79 Å². The summed E-state index contributed by atoms with van der Waals surface area (Å²) in [6.07, 6.45) is 1.58. The summed E-state index contributed by atoms with van der Waals surface area (Å²) < 4.78 is 6.38. The zero-order chi connectivity index (χ0) is 23.7. The second-order valence-electron chi connectivity index (χ2n) is 8.93. The van der Waals surface area contributed by atoms with E-state index in [4.69, 9.17) is 4.74 Å². The number of rotatable bonds is 10. The highest BCUT2D eigenvalue weighted by Crippen LogP contribution is 2.24. The molecular weight excluding hydrogens is 434 g/mol. The van der Waals surface area contributed by atoms with Crippen molar-refractivity contribution in [2.24, 2.45) is 0 Å². The minimum absolute atomic E-state index is 0.0146. The van der Waals surface area contributed by atoms with Gasteiger partial charge in [-0.15, -0.1) is 11.3 Å². The molecule has 0 aliphatic carbocycles. The van der Waals surface area contributed by atoms with Gasteiger partial charge in [0.1, 0.15) is 5.60 Å². The lowest BCUT2D eigenvalue weighted by molar-refractivity contribution is 0.0523. The average Bonchev–Trinajstić information content (AvgIpc) is 3.21. The SMILES string of the molecule is CC(C)(C)OC(=O)NCc1ccc(CCCNCCNC(=O)c2cc3ccccc3s2)cc1. The number of amides is 2. The standard InChI is InChI=1S/C26H33N3O3S/c1-26(2,3)32-25(31)29-18-20-12-10-19(11-13-20)7-6-14-27-15-16-28-24(30)23-17-21-8-4-5-9-22(21)33-23/h4-5,8-13,17,27H,6-7,14-16,18H2,1-3H3,(H,28,30)(H,29,31). The molecule has 0 radical (unpaired) electrons. The predicted molar refractivity (Wildman–Crippen MR) is 135 cm³/mol. The summed E-state index contributed by atoms with van der Waals surface area (Å²) in [6.45, 7) is 8.22. The monoisotopic (exact) mass is 467 g/mol. The first-order chi connectivity index (χ1) is 15.8. The van der Waals surface area contributed by atoms with Gasteiger partial charge in [-0.1, -0.05) is 42.5 Å². The maximum Gasteiger partial charge on any atom is 0.407 e. The fourth-order valence-electron chi connectivity index (χ4n) is 3.30. The van der Waals surface area contributed by atoms with Crippen molar-refractivity contribution in [1.82, 2.24) is 16.0 Å². The molecule has 3 aromatic rings. The van der Waals surface area contributed by atoms with Gasteiger partial charge in [0.05, 0.1) is 4.88 Å². The van der Waals surface area contributed by atoms with E-state index in [1.165, 1.54) is 16.9 Å². The van der Waals surface area contributed by atoms with Gasteiger partial charge in [-0.05, 0) is 68.8 Å². The van der Waals surface area contributed by atoms with Crippen molar-refractivity contribution >= 4 is 33.4 Å². The molecule has 33 heavy (non-hydrogen) atoms. The van der Waals surface area contributed by atoms with Crippen LogP contribution in [0, 0.1) is 0 Å². The number of alkyl carbamates (subject to hydrolysis) is 1. The maximum atomic E-state index is 12.3. The Morgan fingerprint density at radius 1 is 0.909 bits per heavy atom. The molecule has 1 aromatic heterocycles. The van der Waals surface area contributed by atoms with Gasteiger partial charge >= 0.3 is 6.09 Å². The van der Waals surface area contributed by atoms with Gasteiger partial charge in [-0.3, -0.25) is 4.79 Å². The van der Waals surface area contributed by atoms with Crippen LogP contribution in [0.5, 0.6) is 0 Å². The van der Waals surface area contributed by atoms with Gasteiger partial charge in [0.2, 0.25) is 0 Å². The first-order valence-corrected chi connectivity index (χ1v) is 12.1. The molecule has 0 aliphatic heterocycles. The fourth-order valence-corrected chi connectivity index (χ4v) is 4.28. The van der Waals surface area contributed by atoms with Crippen molar-refractivity contribution in [3.63, 3.8) is 0 Å². The van der Waals surface area contributed by atoms with Gasteiger partial charge in [-0.2, -0.15) is 0 Å². The summed E-state index contributed by atoms with van der Waals surface area (Å²) in [4.78, 5) is 24.8. The number of carbonyl (C=O) groups is 2. The molecule has 3 rings (SSSR count). The molecule has 7 heteroatoms. The summed E-state index contributed by atoms with van der Waals surface area (Å²) in [6, 6.07) is 18.2. The minimum Gasteiger partial charge on any atom is -0.444 e. The molecule has 6 nitrogen and oxygen atoms in total. The van der Waals surface area contributed by atoms with Gasteiger partial charge < -0.3 is 20.7 Å². The molecule has 0 bridgehead atoms. The molecule has 0 unspecified atom stereocenters. The van der Waals surface area contributed by atoms with Crippen molar-refractivity contribution in [3.8, 4) is 0 Å². The molecule has 0 spiro atoms. The third kappa shape index (κ3) is 8.51. The molecular formula is C26H33N3O3S. The van der Waals surface area contributed by atoms with Crippen LogP contribution in [-0.4, -0.2) is 37.2 Å². The van der Waals surface area contributed by atoms with Crippen LogP contribution in [0.3, 0.4) is 0 Å². The van der Waals surface area contributed by atoms with Crippen LogP contribution in [0.2, 0.25) is 0 Å². The largest absolute Gasteiger partial charge is 0.444 e. The lowest BCUT2D eigenvalue weighted by Crippen LogP contribution is -2.32. The van der Waals surface area contributed by atoms with E-state index < -0.39 is 11.7 Å². The normalized spacial score (nSPS) is 11.4. The van der Waals surface area contributed by atoms with E-state index in [9.17, 15) is 9.59 Å². The van der Waals surface area contributed by atoms with E-state index >= 15 is 0 Å². The number of thiophene rings is 1. The highest BCUT2D eigenvalue weighted by atomic mass is 32.1. The third-order valence-electron chi connectivity index (χ3n) is 4.91. The fraction of sp³-hybridized carbons (Fsp3) is 0.385. The Kier molecular flexibility index (Phi) is 8.86. The van der Waals surface area contributed by atoms with Crippen LogP contribution in [0.1, 0.15) is 48.0 Å². The summed E-state index contributed by atoms with van der Waals surface area (Å²) >= 11 is 1.52. The first-order valence-electron chi connectivity index (χ1n) is 11.3. The smallest absolute Gasteiger partial charge is 0.407 e. The second kappa shape index (κ2) is 11.8. The Bertz CT molecular complexity index is 1020. The van der Waals surface area contributed by atoms with Crippen molar-refractivity contribution in [1.29, 1.82) is 0 Å². The Labute approximate surface area is 199 Å². The van der Waals surface area contributed by atoms with E-state index in [2.05, 4.69) is 28.1 Å². The minimum atomic E-state index is -0.493. The molecule has 2 amide bonds. The first kappa shape index (κ1) is 24.7. The van der Waals surface area contributed by atoms with Crippen LogP contribution >= 0.6 is 11.3 Å². The van der Waals surface area contributed by atoms with E-state index in [1.807, 2.05) is 63.2 Å². The molecule has 0 fully saturated rings. The molecule has 0 aliphatic rings. The number of hydrogen-bond acceptors (Lipinski definition) is 5. The molecule has 176 valence electrons. The number of ether oxygens (including phenoxy) is 1. The number of nitrogens with one attached hydrogen (secondary N) is 3. The van der Waals surface area contributed by atoms with E-state index in [1.54, 1.807) is 0 Å². The number of benzene rings is 2. The van der Waals surface area contributed by atoms with Crippen LogP contribution in [-0.2, 0) is 17.7 Å². The summed E-state index contributed by atoms with van der Waals surface area (Å²) in [5, 5.41) is 10.2. The molecule has 0 saturated heterocycles. The van der Waals surface area contributed by atoms with Crippen molar-refractivity contribution in [2.75, 3.05) is 19.6 Å². The van der Waals surface area contributed by atoms with Crippen molar-refractivity contribution in [3.05, 3.63) is 70.6 Å². The van der Waals surface area contributed by atoms with E-state index in [0.717, 1.165) is 46.5 Å². The Balaban J connectivity index is 1.26. The maximum absolute atomic E-state index is 12.3. The summed E-state index contributed by atoms with van der Waals surface area (Å²) in [7, 11) is 0. The Hall–Kier alpha value is -2.90. The number of carbonyl (C=O) groups excluding carboxylic acids is 2. The summed E-state index contributed by atoms with van der Waals surface area (Å²) in [5.41, 5.74) is 1.81. The topological polar surface area (TPSA) is 79.5 Å². The van der Waals surface area contributed by atoms with Crippen LogP contribution < -0.4 is 16.0 Å². The molecule has 2 aromatic carbocycles. The zero-order valence-electron chi connectivity index (χ0n) is 19.6. The third-order valence-corrected chi connectivity index (χ3v) is 6.03. The van der Waals surface area contributed by atoms with Gasteiger partial charge in [0.15, 0.2) is 0 Å². The quantitative estimate of drug-likeness (QED) is 0.371. The molecule has 0 saturated carbocycles. The van der Waals surface area contributed by atoms with Crippen LogP contribution in [0.25, 0.3) is 10.1 Å². The molecule has 1 heterocycles. The van der Waals surface area contributed by atoms with Gasteiger partial charge in [0.25, 0.3) is 5.91 Å². The van der Waals surface area contributed by atoms with Gasteiger partial charge in [0, 0.05) is 24.3 Å². The highest BCUT2D eigenvalue weighted by molar-refractivity contribution is 7.20. The lowest BCUT2D eigenvalue weighted by atomic mass is 10.1. The highest BCUT2D eigenvalue weighted by Gasteiger charge is 2.15. The Morgan fingerprint density at radius 3 is 2.36 bits per heavy atom. The lowest BCUT2D eigenvalue weighted by Gasteiger charge is -2.19. The predicted octanol–water partition coefficient (Wildman–Crippen LogP) is 4.88. The average molecular weight is 468 g/mol. The van der Waals surface area contributed by atoms with Gasteiger partial charge in [-0.25, -0.2) is 4.79 Å². The second-order valence-corrected chi connectivity index (χ2v) is 10.0. The number of fused-ring (bicyclic) bond motifs is 1. The number of hydrogen-bond donors (Lipinski definition) is 3. The van der Waals surface area contributed by atoms with Crippen molar-refractivity contribution in [2.45, 2.75) is 45.8 Å². The molecule has 3 N–H and O–H groups in total. The van der Waals surface area contributed by atoms with E-state index in [0.29, 0.717) is 13.1 Å². The summed E-state index contributed by atoms with van der Waals surface area (Å²) in [5.74, 6) is -0.0146. The number of aryl methyl sites for hydroxylation is 1. The molecule has 0 atom stereocenters. The van der Waals surface area contributed by atoms with Crippen molar-refractivity contribution < 1.29 is 14.3 Å². The van der Waals surface area contributed by atoms with E-state index in [-0.39, 0.29) is 5.91 Å². The van der Waals surface area contributed by atoms with Crippen LogP contribution in [0.15, 0.2) is 54.6 Å². The Morgan fingerprint density at radius 2 is 1.64 bits per heavy atom. The zero-order valence-corrected chi connectivity index (χ0v) is 20.4.